The summed E-state index contributed by atoms with van der Waals surface area (Å²) in [5.74, 6) is 4.10. The second kappa shape index (κ2) is 9.13. The maximum Gasteiger partial charge on any atom is 0.416 e. The molecule has 2 rings (SSSR count). The van der Waals surface area contributed by atoms with Gasteiger partial charge >= 0.3 is 6.18 Å². The van der Waals surface area contributed by atoms with Crippen molar-refractivity contribution in [1.29, 1.82) is 0 Å². The topological polar surface area (TPSA) is 71.3 Å². The Balaban J connectivity index is 1.95. The van der Waals surface area contributed by atoms with Gasteiger partial charge in [0.2, 0.25) is 5.91 Å². The molecule has 0 aliphatic heterocycles. The fourth-order valence-electron chi connectivity index (χ4n) is 2.32. The van der Waals surface area contributed by atoms with Gasteiger partial charge < -0.3 is 15.1 Å². The Morgan fingerprint density at radius 1 is 1.18 bits per heavy atom. The number of nitrogens with one attached hydrogen (secondary N) is 2. The third-order valence-corrected chi connectivity index (χ3v) is 3.75. The minimum atomic E-state index is -4.44. The summed E-state index contributed by atoms with van der Waals surface area (Å²) >= 11 is 0. The van der Waals surface area contributed by atoms with Crippen molar-refractivity contribution >= 4 is 11.8 Å². The monoisotopic (exact) mass is 392 g/mol. The molecule has 28 heavy (non-hydrogen) atoms. The molecule has 1 aromatic heterocycles. The lowest BCUT2D eigenvalue weighted by Crippen LogP contribution is -2.49. The Morgan fingerprint density at radius 2 is 1.93 bits per heavy atom. The Hall–Kier alpha value is -3.21. The molecule has 1 aromatic carbocycles. The SMILES string of the molecule is CC(C)C(NC(=O)c1ccco1)C(=O)NCC#Cc1cccc(C(F)(F)F)c1. The normalized spacial score (nSPS) is 12.1. The first-order chi connectivity index (χ1) is 13.2. The molecule has 1 heterocycles. The van der Waals surface area contributed by atoms with Gasteiger partial charge in [0.1, 0.15) is 6.04 Å². The van der Waals surface area contributed by atoms with Crippen molar-refractivity contribution in [2.45, 2.75) is 26.1 Å². The molecule has 5 nitrogen and oxygen atoms in total. The molecule has 148 valence electrons. The summed E-state index contributed by atoms with van der Waals surface area (Å²) in [4.78, 5) is 24.4. The molecular weight excluding hydrogens is 373 g/mol. The molecule has 0 aliphatic rings. The highest BCUT2D eigenvalue weighted by atomic mass is 19.4. The van der Waals surface area contributed by atoms with Crippen molar-refractivity contribution in [3.63, 3.8) is 0 Å². The zero-order chi connectivity index (χ0) is 20.7. The van der Waals surface area contributed by atoms with Crippen LogP contribution in [0.5, 0.6) is 0 Å². The average Bonchev–Trinajstić information content (AvgIpc) is 3.17. The Morgan fingerprint density at radius 3 is 2.54 bits per heavy atom. The van der Waals surface area contributed by atoms with E-state index in [1.807, 2.05) is 0 Å². The molecule has 1 atom stereocenters. The molecule has 1 unspecified atom stereocenters. The van der Waals surface area contributed by atoms with Crippen LogP contribution in [0.1, 0.15) is 35.5 Å². The highest BCUT2D eigenvalue weighted by Gasteiger charge is 2.30. The molecule has 2 N–H and O–H groups in total. The van der Waals surface area contributed by atoms with Gasteiger partial charge in [0.15, 0.2) is 5.76 Å². The van der Waals surface area contributed by atoms with E-state index in [1.54, 1.807) is 19.9 Å². The van der Waals surface area contributed by atoms with Gasteiger partial charge in [-0.3, -0.25) is 9.59 Å². The van der Waals surface area contributed by atoms with Crippen LogP contribution in [-0.4, -0.2) is 24.4 Å². The van der Waals surface area contributed by atoms with E-state index in [0.717, 1.165) is 12.1 Å². The predicted molar refractivity (Wildman–Crippen MR) is 96.1 cm³/mol. The summed E-state index contributed by atoms with van der Waals surface area (Å²) in [5, 5.41) is 5.13. The van der Waals surface area contributed by atoms with Crippen molar-refractivity contribution in [2.75, 3.05) is 6.54 Å². The van der Waals surface area contributed by atoms with Gasteiger partial charge in [-0.15, -0.1) is 0 Å². The first-order valence-corrected chi connectivity index (χ1v) is 8.46. The Labute approximate surface area is 160 Å². The van der Waals surface area contributed by atoms with Crippen LogP contribution in [0.15, 0.2) is 47.1 Å². The van der Waals surface area contributed by atoms with Crippen LogP contribution in [0, 0.1) is 17.8 Å². The first kappa shape index (κ1) is 21.1. The lowest BCUT2D eigenvalue weighted by Gasteiger charge is -2.20. The van der Waals surface area contributed by atoms with Gasteiger partial charge in [-0.05, 0) is 36.2 Å². The second-order valence-electron chi connectivity index (χ2n) is 6.27. The van der Waals surface area contributed by atoms with Crippen LogP contribution in [0.4, 0.5) is 13.2 Å². The summed E-state index contributed by atoms with van der Waals surface area (Å²) < 4.78 is 43.0. The number of alkyl halides is 3. The molecule has 2 aromatic rings. The maximum absolute atomic E-state index is 12.7. The molecule has 0 aliphatic carbocycles. The van der Waals surface area contributed by atoms with Gasteiger partial charge in [0.05, 0.1) is 18.4 Å². The molecule has 0 bridgehead atoms. The Bertz CT molecular complexity index is 878. The molecular formula is C20H19F3N2O3. The number of hydrogen-bond donors (Lipinski definition) is 2. The zero-order valence-corrected chi connectivity index (χ0v) is 15.3. The number of carbonyl (C=O) groups is 2. The van der Waals surface area contributed by atoms with Gasteiger partial charge in [-0.25, -0.2) is 0 Å². The van der Waals surface area contributed by atoms with E-state index in [0.29, 0.717) is 0 Å². The highest BCUT2D eigenvalue weighted by Crippen LogP contribution is 2.29. The minimum Gasteiger partial charge on any atom is -0.459 e. The van der Waals surface area contributed by atoms with Crippen molar-refractivity contribution in [1.82, 2.24) is 10.6 Å². The van der Waals surface area contributed by atoms with Crippen LogP contribution in [0.2, 0.25) is 0 Å². The summed E-state index contributed by atoms with van der Waals surface area (Å²) in [7, 11) is 0. The standard InChI is InChI=1S/C20H19F3N2O3/c1-13(2)17(25-18(26)16-9-5-11-28-16)19(27)24-10-4-7-14-6-3-8-15(12-14)20(21,22)23/h3,5-6,8-9,11-13,17H,10H2,1-2H3,(H,24,27)(H,25,26). The molecule has 2 amide bonds. The molecule has 0 spiro atoms. The van der Waals surface area contributed by atoms with Crippen molar-refractivity contribution in [3.05, 3.63) is 59.5 Å². The number of benzene rings is 1. The fourth-order valence-corrected chi connectivity index (χ4v) is 2.32. The van der Waals surface area contributed by atoms with E-state index in [9.17, 15) is 22.8 Å². The number of amides is 2. The average molecular weight is 392 g/mol. The van der Waals surface area contributed by atoms with Gasteiger partial charge in [0.25, 0.3) is 5.91 Å². The van der Waals surface area contributed by atoms with Crippen molar-refractivity contribution in [3.8, 4) is 11.8 Å². The van der Waals surface area contributed by atoms with Crippen LogP contribution in [0.3, 0.4) is 0 Å². The molecule has 0 saturated carbocycles. The van der Waals surface area contributed by atoms with E-state index in [1.165, 1.54) is 24.5 Å². The summed E-state index contributed by atoms with van der Waals surface area (Å²) in [6.45, 7) is 3.46. The number of furan rings is 1. The second-order valence-corrected chi connectivity index (χ2v) is 6.27. The number of hydrogen-bond acceptors (Lipinski definition) is 3. The highest BCUT2D eigenvalue weighted by molar-refractivity contribution is 5.95. The molecule has 8 heteroatoms. The molecule has 0 saturated heterocycles. The first-order valence-electron chi connectivity index (χ1n) is 8.46. The van der Waals surface area contributed by atoms with Crippen LogP contribution in [0.25, 0.3) is 0 Å². The fraction of sp³-hybridized carbons (Fsp3) is 0.300. The largest absolute Gasteiger partial charge is 0.459 e. The van der Waals surface area contributed by atoms with E-state index < -0.39 is 29.6 Å². The zero-order valence-electron chi connectivity index (χ0n) is 15.3. The van der Waals surface area contributed by atoms with Gasteiger partial charge in [-0.2, -0.15) is 13.2 Å². The van der Waals surface area contributed by atoms with Crippen LogP contribution < -0.4 is 10.6 Å². The smallest absolute Gasteiger partial charge is 0.416 e. The third kappa shape index (κ3) is 5.91. The van der Waals surface area contributed by atoms with Gasteiger partial charge in [0, 0.05) is 5.56 Å². The minimum absolute atomic E-state index is 0.0745. The molecule has 0 radical (unpaired) electrons. The Kier molecular flexibility index (Phi) is 6.88. The lowest BCUT2D eigenvalue weighted by atomic mass is 10.0. The van der Waals surface area contributed by atoms with Crippen LogP contribution >= 0.6 is 0 Å². The summed E-state index contributed by atoms with van der Waals surface area (Å²) in [6.07, 6.45) is -3.09. The van der Waals surface area contributed by atoms with E-state index in [-0.39, 0.29) is 23.8 Å². The number of halogens is 3. The third-order valence-electron chi connectivity index (χ3n) is 3.75. The summed E-state index contributed by atoms with van der Waals surface area (Å²) in [6, 6.07) is 6.84. The van der Waals surface area contributed by atoms with Crippen LogP contribution in [-0.2, 0) is 11.0 Å². The summed E-state index contributed by atoms with van der Waals surface area (Å²) in [5.41, 5.74) is -0.598. The quantitative estimate of drug-likeness (QED) is 0.768. The van der Waals surface area contributed by atoms with Crippen molar-refractivity contribution < 1.29 is 27.2 Å². The lowest BCUT2D eigenvalue weighted by molar-refractivity contribution is -0.137. The number of carbonyl (C=O) groups excluding carboxylic acids is 2. The predicted octanol–water partition coefficient (Wildman–Crippen LogP) is 3.22. The van der Waals surface area contributed by atoms with Gasteiger partial charge in [-0.1, -0.05) is 31.8 Å². The van der Waals surface area contributed by atoms with E-state index in [2.05, 4.69) is 22.5 Å². The number of rotatable bonds is 5. The van der Waals surface area contributed by atoms with E-state index >= 15 is 0 Å². The van der Waals surface area contributed by atoms with E-state index in [4.69, 9.17) is 4.42 Å². The maximum atomic E-state index is 12.7. The van der Waals surface area contributed by atoms with Crippen molar-refractivity contribution in [2.24, 2.45) is 5.92 Å². The molecule has 0 fully saturated rings.